The summed E-state index contributed by atoms with van der Waals surface area (Å²) in [5, 5.41) is 5.27. The lowest BCUT2D eigenvalue weighted by Gasteiger charge is -2.08. The van der Waals surface area contributed by atoms with E-state index in [2.05, 4.69) is 33.7 Å². The molecule has 0 saturated heterocycles. The molecule has 0 aliphatic rings. The normalized spacial score (nSPS) is 10.2. The molecular formula is C11H12N4S2. The Morgan fingerprint density at radius 2 is 2.24 bits per heavy atom. The van der Waals surface area contributed by atoms with Crippen LogP contribution in [-0.2, 0) is 6.54 Å². The van der Waals surface area contributed by atoms with Gasteiger partial charge in [0, 0.05) is 17.3 Å². The molecule has 0 radical (unpaired) electrons. The molecule has 4 nitrogen and oxygen atoms in total. The molecule has 0 aliphatic carbocycles. The van der Waals surface area contributed by atoms with Gasteiger partial charge in [0.05, 0.1) is 6.54 Å². The molecule has 0 bridgehead atoms. The number of nitrogens with two attached hydrogens (primary N) is 1. The number of hydrogen-bond donors (Lipinski definition) is 2. The van der Waals surface area contributed by atoms with E-state index in [4.69, 9.17) is 18.0 Å². The molecule has 0 atom stereocenters. The van der Waals surface area contributed by atoms with Crippen molar-refractivity contribution < 1.29 is 0 Å². The van der Waals surface area contributed by atoms with Gasteiger partial charge in [-0.2, -0.15) is 0 Å². The standard InChI is InChI=1S/C11H12N4S2/c1-7-2-5-17-8(7)6-15-11-9(10(12)16)13-3-4-14-11/h2-5H,6H2,1H3,(H2,12,16)(H,14,15). The van der Waals surface area contributed by atoms with Gasteiger partial charge < -0.3 is 11.1 Å². The average Bonchev–Trinajstić information content (AvgIpc) is 2.72. The summed E-state index contributed by atoms with van der Waals surface area (Å²) in [4.78, 5) is 9.83. The van der Waals surface area contributed by atoms with Crippen molar-refractivity contribution in [3.8, 4) is 0 Å². The van der Waals surface area contributed by atoms with E-state index in [9.17, 15) is 0 Å². The van der Waals surface area contributed by atoms with Gasteiger partial charge in [-0.15, -0.1) is 11.3 Å². The third-order valence-corrected chi connectivity index (χ3v) is 3.53. The molecule has 88 valence electrons. The van der Waals surface area contributed by atoms with Crippen molar-refractivity contribution >= 4 is 34.4 Å². The van der Waals surface area contributed by atoms with Crippen LogP contribution in [0.25, 0.3) is 0 Å². The van der Waals surface area contributed by atoms with Crippen LogP contribution >= 0.6 is 23.6 Å². The second-order valence-corrected chi connectivity index (χ2v) is 4.94. The number of thiocarbonyl (C=S) groups is 1. The van der Waals surface area contributed by atoms with Crippen LogP contribution in [0.3, 0.4) is 0 Å². The zero-order chi connectivity index (χ0) is 12.3. The van der Waals surface area contributed by atoms with E-state index in [0.29, 0.717) is 18.1 Å². The van der Waals surface area contributed by atoms with Gasteiger partial charge in [-0.1, -0.05) is 12.2 Å². The largest absolute Gasteiger partial charge is 0.388 e. The Hall–Kier alpha value is -1.53. The highest BCUT2D eigenvalue weighted by molar-refractivity contribution is 7.80. The van der Waals surface area contributed by atoms with Crippen LogP contribution in [0.5, 0.6) is 0 Å². The molecule has 2 rings (SSSR count). The fourth-order valence-corrected chi connectivity index (χ4v) is 2.39. The molecule has 6 heteroatoms. The first kappa shape index (κ1) is 11.9. The first-order chi connectivity index (χ1) is 8.18. The lowest BCUT2D eigenvalue weighted by molar-refractivity contribution is 1.09. The maximum absolute atomic E-state index is 5.58. The first-order valence-electron chi connectivity index (χ1n) is 5.06. The Labute approximate surface area is 109 Å². The van der Waals surface area contributed by atoms with Crippen LogP contribution in [0.1, 0.15) is 16.1 Å². The average molecular weight is 264 g/mol. The quantitative estimate of drug-likeness (QED) is 0.828. The monoisotopic (exact) mass is 264 g/mol. The summed E-state index contributed by atoms with van der Waals surface area (Å²) in [7, 11) is 0. The summed E-state index contributed by atoms with van der Waals surface area (Å²) in [5.41, 5.74) is 7.39. The minimum absolute atomic E-state index is 0.253. The highest BCUT2D eigenvalue weighted by Crippen LogP contribution is 2.17. The Balaban J connectivity index is 2.14. The topological polar surface area (TPSA) is 63.8 Å². The summed E-state index contributed by atoms with van der Waals surface area (Å²) >= 11 is 6.64. The number of thiophene rings is 1. The Morgan fingerprint density at radius 3 is 2.88 bits per heavy atom. The zero-order valence-corrected chi connectivity index (χ0v) is 10.9. The number of hydrogen-bond acceptors (Lipinski definition) is 5. The van der Waals surface area contributed by atoms with Crippen molar-refractivity contribution in [1.82, 2.24) is 9.97 Å². The maximum Gasteiger partial charge on any atom is 0.155 e. The van der Waals surface area contributed by atoms with E-state index >= 15 is 0 Å². The summed E-state index contributed by atoms with van der Waals surface area (Å²) in [6.45, 7) is 2.79. The van der Waals surface area contributed by atoms with Crippen molar-refractivity contribution in [3.05, 3.63) is 40.0 Å². The first-order valence-corrected chi connectivity index (χ1v) is 6.35. The van der Waals surface area contributed by atoms with Crippen molar-refractivity contribution in [3.63, 3.8) is 0 Å². The Kier molecular flexibility index (Phi) is 3.65. The predicted molar refractivity (Wildman–Crippen MR) is 74.3 cm³/mol. The second kappa shape index (κ2) is 5.20. The van der Waals surface area contributed by atoms with Gasteiger partial charge >= 0.3 is 0 Å². The molecule has 0 amide bonds. The minimum atomic E-state index is 0.253. The highest BCUT2D eigenvalue weighted by atomic mass is 32.1. The SMILES string of the molecule is Cc1ccsc1CNc1nccnc1C(N)=S. The molecule has 0 unspecified atom stereocenters. The molecule has 0 aromatic carbocycles. The Morgan fingerprint density at radius 1 is 1.47 bits per heavy atom. The summed E-state index contributed by atoms with van der Waals surface area (Å²) in [5.74, 6) is 0.632. The van der Waals surface area contributed by atoms with Crippen LogP contribution in [0.15, 0.2) is 23.8 Å². The third kappa shape index (κ3) is 2.78. The molecule has 17 heavy (non-hydrogen) atoms. The lowest BCUT2D eigenvalue weighted by Crippen LogP contribution is -2.16. The molecule has 2 heterocycles. The van der Waals surface area contributed by atoms with E-state index in [-0.39, 0.29) is 4.99 Å². The van der Waals surface area contributed by atoms with Crippen molar-refractivity contribution in [2.24, 2.45) is 5.73 Å². The van der Waals surface area contributed by atoms with Gasteiger partial charge in [0.15, 0.2) is 5.82 Å². The molecule has 0 saturated carbocycles. The molecule has 2 aromatic rings. The smallest absolute Gasteiger partial charge is 0.155 e. The van der Waals surface area contributed by atoms with Gasteiger partial charge in [0.1, 0.15) is 10.7 Å². The van der Waals surface area contributed by atoms with E-state index in [1.165, 1.54) is 10.4 Å². The number of rotatable bonds is 4. The van der Waals surface area contributed by atoms with E-state index in [1.54, 1.807) is 23.7 Å². The van der Waals surface area contributed by atoms with Gasteiger partial charge in [0.2, 0.25) is 0 Å². The van der Waals surface area contributed by atoms with Crippen LogP contribution in [0.2, 0.25) is 0 Å². The van der Waals surface area contributed by atoms with Gasteiger partial charge in [-0.25, -0.2) is 9.97 Å². The number of aryl methyl sites for hydroxylation is 1. The molecule has 0 spiro atoms. The van der Waals surface area contributed by atoms with Crippen molar-refractivity contribution in [1.29, 1.82) is 0 Å². The molecule has 0 fully saturated rings. The van der Waals surface area contributed by atoms with Crippen molar-refractivity contribution in [2.45, 2.75) is 13.5 Å². The Bertz CT molecular complexity index is 536. The van der Waals surface area contributed by atoms with Crippen LogP contribution in [0.4, 0.5) is 5.82 Å². The minimum Gasteiger partial charge on any atom is -0.388 e. The van der Waals surface area contributed by atoms with E-state index in [1.807, 2.05) is 0 Å². The lowest BCUT2D eigenvalue weighted by atomic mass is 10.3. The van der Waals surface area contributed by atoms with Crippen LogP contribution in [-0.4, -0.2) is 15.0 Å². The van der Waals surface area contributed by atoms with Crippen LogP contribution in [0, 0.1) is 6.92 Å². The van der Waals surface area contributed by atoms with Gasteiger partial charge in [-0.3, -0.25) is 0 Å². The highest BCUT2D eigenvalue weighted by Gasteiger charge is 2.08. The molecule has 0 aliphatic heterocycles. The fraction of sp³-hybridized carbons (Fsp3) is 0.182. The summed E-state index contributed by atoms with van der Waals surface area (Å²) in [6.07, 6.45) is 3.20. The van der Waals surface area contributed by atoms with E-state index < -0.39 is 0 Å². The maximum atomic E-state index is 5.58. The fourth-order valence-electron chi connectivity index (χ4n) is 1.40. The van der Waals surface area contributed by atoms with Gasteiger partial charge in [-0.05, 0) is 23.9 Å². The number of nitrogens with one attached hydrogen (secondary N) is 1. The number of nitrogens with zero attached hydrogens (tertiary/aromatic N) is 2. The van der Waals surface area contributed by atoms with Crippen LogP contribution < -0.4 is 11.1 Å². The number of aromatic nitrogens is 2. The molecule has 2 aromatic heterocycles. The molecular weight excluding hydrogens is 252 g/mol. The second-order valence-electron chi connectivity index (χ2n) is 3.50. The predicted octanol–water partition coefficient (Wildman–Crippen LogP) is 2.09. The number of anilines is 1. The molecule has 3 N–H and O–H groups in total. The summed E-state index contributed by atoms with van der Waals surface area (Å²) < 4.78 is 0. The summed E-state index contributed by atoms with van der Waals surface area (Å²) in [6, 6.07) is 2.09. The third-order valence-electron chi connectivity index (χ3n) is 2.32. The van der Waals surface area contributed by atoms with Gasteiger partial charge in [0.25, 0.3) is 0 Å². The van der Waals surface area contributed by atoms with Crippen molar-refractivity contribution in [2.75, 3.05) is 5.32 Å². The van der Waals surface area contributed by atoms with E-state index in [0.717, 1.165) is 0 Å². The zero-order valence-electron chi connectivity index (χ0n) is 9.30.